The first-order valence-corrected chi connectivity index (χ1v) is 8.17. The van der Waals surface area contributed by atoms with Crippen molar-refractivity contribution >= 4 is 17.8 Å². The highest BCUT2D eigenvalue weighted by Gasteiger charge is 2.48. The van der Waals surface area contributed by atoms with E-state index in [4.69, 9.17) is 5.73 Å². The van der Waals surface area contributed by atoms with Crippen molar-refractivity contribution in [3.63, 3.8) is 0 Å². The summed E-state index contributed by atoms with van der Waals surface area (Å²) < 4.78 is 0. The summed E-state index contributed by atoms with van der Waals surface area (Å²) in [5.41, 5.74) is 6.44. The molecule has 1 aromatic heterocycles. The van der Waals surface area contributed by atoms with E-state index < -0.39 is 12.0 Å². The fourth-order valence-electron chi connectivity index (χ4n) is 3.86. The Hall–Kier alpha value is -2.22. The standard InChI is InChI=1S/C16H23N5O3/c1-11(22)21-10-16(6-13(21)14(23)24)2-4-20(5-3-16)9-12-7-18-15(17)19-8-12/h7-8,13H,2-6,9-10H2,1H3,(H,23,24)(H2,17,18,19)/t13-/m1/s1. The molecule has 2 saturated heterocycles. The molecule has 0 unspecified atom stereocenters. The number of aromatic nitrogens is 2. The van der Waals surface area contributed by atoms with Crippen molar-refractivity contribution in [1.29, 1.82) is 0 Å². The molecule has 1 amide bonds. The molecule has 2 aliphatic heterocycles. The molecule has 3 heterocycles. The second-order valence-electron chi connectivity index (χ2n) is 6.93. The van der Waals surface area contributed by atoms with Crippen LogP contribution in [0.4, 0.5) is 5.95 Å². The highest BCUT2D eigenvalue weighted by atomic mass is 16.4. The number of likely N-dealkylation sites (tertiary alicyclic amines) is 2. The number of carbonyl (C=O) groups is 2. The van der Waals surface area contributed by atoms with E-state index in [0.717, 1.165) is 38.0 Å². The third-order valence-electron chi connectivity index (χ3n) is 5.25. The molecule has 3 N–H and O–H groups in total. The molecule has 0 aromatic carbocycles. The number of piperidine rings is 1. The number of aliphatic carboxylic acids is 1. The van der Waals surface area contributed by atoms with E-state index in [1.54, 1.807) is 12.4 Å². The molecular formula is C16H23N5O3. The van der Waals surface area contributed by atoms with E-state index in [0.29, 0.717) is 13.0 Å². The minimum atomic E-state index is -0.900. The number of carboxylic acids is 1. The summed E-state index contributed by atoms with van der Waals surface area (Å²) in [5.74, 6) is -0.782. The van der Waals surface area contributed by atoms with Crippen molar-refractivity contribution in [1.82, 2.24) is 19.8 Å². The molecule has 0 aliphatic carbocycles. The Morgan fingerprint density at radius 1 is 1.33 bits per heavy atom. The summed E-state index contributed by atoms with van der Waals surface area (Å²) in [6, 6.07) is -0.681. The number of hydrogen-bond acceptors (Lipinski definition) is 6. The lowest BCUT2D eigenvalue weighted by Gasteiger charge is -2.39. The number of anilines is 1. The van der Waals surface area contributed by atoms with E-state index in [9.17, 15) is 14.7 Å². The van der Waals surface area contributed by atoms with Gasteiger partial charge in [0.1, 0.15) is 6.04 Å². The Labute approximate surface area is 140 Å². The van der Waals surface area contributed by atoms with Gasteiger partial charge in [-0.1, -0.05) is 0 Å². The number of nitrogens with two attached hydrogens (primary N) is 1. The van der Waals surface area contributed by atoms with E-state index in [1.807, 2.05) is 0 Å². The van der Waals surface area contributed by atoms with Crippen molar-refractivity contribution < 1.29 is 14.7 Å². The van der Waals surface area contributed by atoms with Gasteiger partial charge in [-0.2, -0.15) is 0 Å². The quantitative estimate of drug-likeness (QED) is 0.820. The molecule has 0 bridgehead atoms. The van der Waals surface area contributed by atoms with Crippen molar-refractivity contribution in [3.05, 3.63) is 18.0 Å². The molecular weight excluding hydrogens is 310 g/mol. The molecule has 3 rings (SSSR count). The predicted octanol–water partition coefficient (Wildman–Crippen LogP) is 0.346. The monoisotopic (exact) mass is 333 g/mol. The zero-order valence-corrected chi connectivity index (χ0v) is 13.8. The molecule has 24 heavy (non-hydrogen) atoms. The first-order valence-electron chi connectivity index (χ1n) is 8.17. The number of nitrogen functional groups attached to an aromatic ring is 1. The van der Waals surface area contributed by atoms with Crippen LogP contribution >= 0.6 is 0 Å². The van der Waals surface area contributed by atoms with E-state index in [2.05, 4.69) is 14.9 Å². The van der Waals surface area contributed by atoms with Gasteiger partial charge in [0.2, 0.25) is 11.9 Å². The summed E-state index contributed by atoms with van der Waals surface area (Å²) in [7, 11) is 0. The highest BCUT2D eigenvalue weighted by molar-refractivity contribution is 5.83. The van der Waals surface area contributed by atoms with Crippen LogP contribution in [0.25, 0.3) is 0 Å². The molecule has 0 saturated carbocycles. The van der Waals surface area contributed by atoms with Gasteiger partial charge in [0.15, 0.2) is 0 Å². The number of nitrogens with zero attached hydrogens (tertiary/aromatic N) is 4. The van der Waals surface area contributed by atoms with Crippen LogP contribution in [0.1, 0.15) is 31.7 Å². The summed E-state index contributed by atoms with van der Waals surface area (Å²) in [5, 5.41) is 9.39. The average Bonchev–Trinajstić information content (AvgIpc) is 2.92. The number of hydrogen-bond donors (Lipinski definition) is 2. The first-order chi connectivity index (χ1) is 11.4. The van der Waals surface area contributed by atoms with Crippen molar-refractivity contribution in [2.24, 2.45) is 5.41 Å². The molecule has 0 radical (unpaired) electrons. The topological polar surface area (TPSA) is 113 Å². The van der Waals surface area contributed by atoms with Crippen LogP contribution in [0.3, 0.4) is 0 Å². The van der Waals surface area contributed by atoms with Gasteiger partial charge in [-0.15, -0.1) is 0 Å². The molecule has 8 heteroatoms. The zero-order chi connectivity index (χ0) is 17.3. The van der Waals surface area contributed by atoms with E-state index in [1.165, 1.54) is 11.8 Å². The molecule has 8 nitrogen and oxygen atoms in total. The third kappa shape index (κ3) is 3.33. The largest absolute Gasteiger partial charge is 0.480 e. The third-order valence-corrected chi connectivity index (χ3v) is 5.25. The Balaban J connectivity index is 1.61. The minimum Gasteiger partial charge on any atom is -0.480 e. The summed E-state index contributed by atoms with van der Waals surface area (Å²) >= 11 is 0. The predicted molar refractivity (Wildman–Crippen MR) is 86.8 cm³/mol. The Kier molecular flexibility index (Phi) is 4.40. The average molecular weight is 333 g/mol. The van der Waals surface area contributed by atoms with Crippen LogP contribution < -0.4 is 5.73 Å². The van der Waals surface area contributed by atoms with Crippen LogP contribution in [0.15, 0.2) is 12.4 Å². The van der Waals surface area contributed by atoms with E-state index in [-0.39, 0.29) is 17.3 Å². The fourth-order valence-corrected chi connectivity index (χ4v) is 3.86. The van der Waals surface area contributed by atoms with Gasteiger partial charge in [-0.05, 0) is 37.8 Å². The second kappa shape index (κ2) is 6.35. The lowest BCUT2D eigenvalue weighted by Crippen LogP contribution is -2.42. The van der Waals surface area contributed by atoms with Crippen molar-refractivity contribution in [2.45, 2.75) is 38.8 Å². The number of amides is 1. The summed E-state index contributed by atoms with van der Waals surface area (Å²) in [6.45, 7) is 4.52. The molecule has 1 spiro atoms. The van der Waals surface area contributed by atoms with Crippen LogP contribution in [-0.4, -0.2) is 62.4 Å². The van der Waals surface area contributed by atoms with Gasteiger partial charge in [-0.25, -0.2) is 14.8 Å². The van der Waals surface area contributed by atoms with Gasteiger partial charge in [0, 0.05) is 38.0 Å². The maximum Gasteiger partial charge on any atom is 0.326 e. The summed E-state index contributed by atoms with van der Waals surface area (Å²) in [4.78, 5) is 35.0. The zero-order valence-electron chi connectivity index (χ0n) is 13.8. The molecule has 2 aliphatic rings. The van der Waals surface area contributed by atoms with Crippen molar-refractivity contribution in [2.75, 3.05) is 25.4 Å². The maximum atomic E-state index is 11.7. The van der Waals surface area contributed by atoms with E-state index >= 15 is 0 Å². The Morgan fingerprint density at radius 3 is 2.46 bits per heavy atom. The maximum absolute atomic E-state index is 11.7. The van der Waals surface area contributed by atoms with Crippen molar-refractivity contribution in [3.8, 4) is 0 Å². The highest BCUT2D eigenvalue weighted by Crippen LogP contribution is 2.43. The lowest BCUT2D eigenvalue weighted by atomic mass is 9.76. The second-order valence-corrected chi connectivity index (χ2v) is 6.93. The van der Waals surface area contributed by atoms with Gasteiger partial charge >= 0.3 is 5.97 Å². The molecule has 1 aromatic rings. The SMILES string of the molecule is CC(=O)N1CC2(CCN(Cc3cnc(N)nc3)CC2)C[C@@H]1C(=O)O. The van der Waals surface area contributed by atoms with Gasteiger partial charge in [0.05, 0.1) is 0 Å². The Bertz CT molecular complexity index is 601. The van der Waals surface area contributed by atoms with Gasteiger partial charge in [-0.3, -0.25) is 9.69 Å². The number of carboxylic acid groups (broad SMARTS) is 1. The van der Waals surface area contributed by atoms with Gasteiger partial charge in [0.25, 0.3) is 0 Å². The molecule has 1 atom stereocenters. The van der Waals surface area contributed by atoms with Crippen LogP contribution in [-0.2, 0) is 16.1 Å². The fraction of sp³-hybridized carbons (Fsp3) is 0.625. The Morgan fingerprint density at radius 2 is 1.96 bits per heavy atom. The summed E-state index contributed by atoms with van der Waals surface area (Å²) in [6.07, 6.45) is 5.83. The molecule has 130 valence electrons. The number of carbonyl (C=O) groups excluding carboxylic acids is 1. The first kappa shape index (κ1) is 16.6. The smallest absolute Gasteiger partial charge is 0.326 e. The van der Waals surface area contributed by atoms with Crippen LogP contribution in [0.2, 0.25) is 0 Å². The van der Waals surface area contributed by atoms with Crippen LogP contribution in [0.5, 0.6) is 0 Å². The normalized spacial score (nSPS) is 23.5. The minimum absolute atomic E-state index is 0.0666. The molecule has 2 fully saturated rings. The lowest BCUT2D eigenvalue weighted by molar-refractivity contribution is -0.147. The van der Waals surface area contributed by atoms with Crippen LogP contribution in [0, 0.1) is 5.41 Å². The number of rotatable bonds is 3. The van der Waals surface area contributed by atoms with Gasteiger partial charge < -0.3 is 15.7 Å².